The molecule has 25 heavy (non-hydrogen) atoms. The van der Waals surface area contributed by atoms with E-state index in [2.05, 4.69) is 0 Å². The van der Waals surface area contributed by atoms with Crippen molar-refractivity contribution in [3.63, 3.8) is 0 Å². The SMILES string of the molecule is Nc1c2c(cc(=O)n1-c1cc(C(F)(F)F)cc(F)c1I)C(=O)NC2=O. The molecule has 0 unspecified atom stereocenters. The van der Waals surface area contributed by atoms with Gasteiger partial charge in [-0.15, -0.1) is 0 Å². The topological polar surface area (TPSA) is 94.2 Å². The summed E-state index contributed by atoms with van der Waals surface area (Å²) in [6.45, 7) is 0. The number of hydrogen-bond acceptors (Lipinski definition) is 4. The molecule has 0 saturated carbocycles. The van der Waals surface area contributed by atoms with Crippen molar-refractivity contribution < 1.29 is 27.2 Å². The maximum atomic E-state index is 13.9. The van der Waals surface area contributed by atoms with Gasteiger partial charge in [0.2, 0.25) is 0 Å². The maximum absolute atomic E-state index is 13.9. The summed E-state index contributed by atoms with van der Waals surface area (Å²) in [6, 6.07) is 1.60. The lowest BCUT2D eigenvalue weighted by Gasteiger charge is -2.16. The third-order valence-electron chi connectivity index (χ3n) is 3.53. The fourth-order valence-electron chi connectivity index (χ4n) is 2.43. The minimum Gasteiger partial charge on any atom is -0.384 e. The van der Waals surface area contributed by atoms with E-state index in [0.29, 0.717) is 10.6 Å². The molecular weight excluding hydrogens is 461 g/mol. The van der Waals surface area contributed by atoms with E-state index in [1.807, 2.05) is 5.32 Å². The molecule has 0 saturated heterocycles. The summed E-state index contributed by atoms with van der Waals surface area (Å²) in [5, 5.41) is 1.92. The zero-order chi connectivity index (χ0) is 18.7. The number of nitrogen functional groups attached to an aromatic ring is 1. The molecule has 0 fully saturated rings. The standard InChI is InChI=1S/C14H6F4IN3O3/c15-6-1-4(14(16,17)18)2-7(10(6)19)22-8(23)3-5-9(11(22)20)13(25)21-12(5)24/h1-3H,20H2,(H,21,24,25). The van der Waals surface area contributed by atoms with Gasteiger partial charge in [0.15, 0.2) is 0 Å². The van der Waals surface area contributed by atoms with Crippen molar-refractivity contribution in [2.24, 2.45) is 0 Å². The van der Waals surface area contributed by atoms with Gasteiger partial charge in [-0.2, -0.15) is 13.2 Å². The molecule has 1 aliphatic rings. The Labute approximate surface area is 149 Å². The van der Waals surface area contributed by atoms with Crippen molar-refractivity contribution in [3.05, 3.63) is 54.6 Å². The molecule has 1 aliphatic heterocycles. The lowest BCUT2D eigenvalue weighted by atomic mass is 10.1. The summed E-state index contributed by atoms with van der Waals surface area (Å²) in [4.78, 5) is 35.6. The number of nitrogens with zero attached hydrogens (tertiary/aromatic N) is 1. The summed E-state index contributed by atoms with van der Waals surface area (Å²) in [5.41, 5.74) is 2.32. The lowest BCUT2D eigenvalue weighted by molar-refractivity contribution is -0.137. The third-order valence-corrected chi connectivity index (χ3v) is 4.60. The summed E-state index contributed by atoms with van der Waals surface area (Å²) < 4.78 is 53.0. The molecule has 2 aromatic rings. The molecule has 1 aromatic carbocycles. The van der Waals surface area contributed by atoms with Crippen molar-refractivity contribution in [2.45, 2.75) is 6.18 Å². The van der Waals surface area contributed by atoms with E-state index in [9.17, 15) is 31.9 Å². The van der Waals surface area contributed by atoms with Crippen LogP contribution < -0.4 is 16.6 Å². The molecule has 1 aromatic heterocycles. The number of pyridine rings is 1. The molecule has 6 nitrogen and oxygen atoms in total. The average Bonchev–Trinajstić information content (AvgIpc) is 2.76. The number of rotatable bonds is 1. The molecule has 2 amide bonds. The molecule has 0 radical (unpaired) electrons. The number of nitrogens with two attached hydrogens (primary N) is 1. The first-order valence-electron chi connectivity index (χ1n) is 6.50. The van der Waals surface area contributed by atoms with E-state index >= 15 is 0 Å². The zero-order valence-electron chi connectivity index (χ0n) is 11.9. The quantitative estimate of drug-likeness (QED) is 0.382. The van der Waals surface area contributed by atoms with Gasteiger partial charge in [-0.25, -0.2) is 4.39 Å². The molecular formula is C14H6F4IN3O3. The van der Waals surface area contributed by atoms with Crippen molar-refractivity contribution in [3.8, 4) is 5.69 Å². The Morgan fingerprint density at radius 1 is 1.08 bits per heavy atom. The number of hydrogen-bond donors (Lipinski definition) is 2. The smallest absolute Gasteiger partial charge is 0.384 e. The fourth-order valence-corrected chi connectivity index (χ4v) is 2.98. The van der Waals surface area contributed by atoms with Crippen LogP contribution in [0.1, 0.15) is 26.3 Å². The van der Waals surface area contributed by atoms with E-state index in [4.69, 9.17) is 5.73 Å². The van der Waals surface area contributed by atoms with E-state index in [1.165, 1.54) is 22.6 Å². The summed E-state index contributed by atoms with van der Waals surface area (Å²) in [6.07, 6.45) is -4.86. The molecule has 11 heteroatoms. The number of amides is 2. The second kappa shape index (κ2) is 5.54. The third kappa shape index (κ3) is 2.67. The number of fused-ring (bicyclic) bond motifs is 1. The van der Waals surface area contributed by atoms with E-state index < -0.39 is 46.4 Å². The van der Waals surface area contributed by atoms with E-state index in [0.717, 1.165) is 6.07 Å². The van der Waals surface area contributed by atoms with Crippen LogP contribution in [-0.4, -0.2) is 16.4 Å². The summed E-state index contributed by atoms with van der Waals surface area (Å²) >= 11 is 1.42. The second-order valence-electron chi connectivity index (χ2n) is 5.06. The minimum atomic E-state index is -4.86. The van der Waals surface area contributed by atoms with Crippen LogP contribution in [0.25, 0.3) is 5.69 Å². The molecule has 0 bridgehead atoms. The zero-order valence-corrected chi connectivity index (χ0v) is 14.0. The predicted octanol–water partition coefficient (Wildman–Crippen LogP) is 2.07. The number of imide groups is 1. The predicted molar refractivity (Wildman–Crippen MR) is 85.9 cm³/mol. The number of halogens is 5. The van der Waals surface area contributed by atoms with Gasteiger partial charge >= 0.3 is 6.18 Å². The molecule has 0 atom stereocenters. The first-order valence-corrected chi connectivity index (χ1v) is 7.58. The molecule has 130 valence electrons. The Morgan fingerprint density at radius 2 is 1.72 bits per heavy atom. The highest BCUT2D eigenvalue weighted by Gasteiger charge is 2.35. The van der Waals surface area contributed by atoms with Crippen molar-refractivity contribution in [2.75, 3.05) is 5.73 Å². The van der Waals surface area contributed by atoms with Crippen LogP contribution in [0.2, 0.25) is 0 Å². The van der Waals surface area contributed by atoms with Crippen molar-refractivity contribution in [1.82, 2.24) is 9.88 Å². The maximum Gasteiger partial charge on any atom is 0.416 e. The number of benzene rings is 1. The number of alkyl halides is 3. The van der Waals surface area contributed by atoms with Gasteiger partial charge in [-0.3, -0.25) is 24.3 Å². The van der Waals surface area contributed by atoms with Gasteiger partial charge in [0.1, 0.15) is 11.6 Å². The Morgan fingerprint density at radius 3 is 2.32 bits per heavy atom. The minimum absolute atomic E-state index is 0.286. The number of carbonyl (C=O) groups is 2. The fraction of sp³-hybridized carbons (Fsp3) is 0.0714. The Hall–Kier alpha value is -2.44. The summed E-state index contributed by atoms with van der Waals surface area (Å²) in [7, 11) is 0. The van der Waals surface area contributed by atoms with Gasteiger partial charge in [0, 0.05) is 6.07 Å². The average molecular weight is 467 g/mol. The molecule has 3 N–H and O–H groups in total. The van der Waals surface area contributed by atoms with Gasteiger partial charge in [-0.1, -0.05) is 0 Å². The van der Waals surface area contributed by atoms with Crippen LogP contribution >= 0.6 is 22.6 Å². The number of aromatic nitrogens is 1. The molecule has 0 spiro atoms. The van der Waals surface area contributed by atoms with Gasteiger partial charge < -0.3 is 5.73 Å². The van der Waals surface area contributed by atoms with Gasteiger partial charge in [0.25, 0.3) is 17.4 Å². The molecule has 0 aliphatic carbocycles. The first kappa shape index (κ1) is 17.4. The number of anilines is 1. The van der Waals surface area contributed by atoms with Crippen LogP contribution in [0, 0.1) is 9.39 Å². The highest BCUT2D eigenvalue weighted by molar-refractivity contribution is 14.1. The summed E-state index contributed by atoms with van der Waals surface area (Å²) in [5.74, 6) is -3.50. The first-order chi connectivity index (χ1) is 11.5. The van der Waals surface area contributed by atoms with Crippen LogP contribution in [0.15, 0.2) is 23.0 Å². The lowest BCUT2D eigenvalue weighted by Crippen LogP contribution is -2.25. The Bertz CT molecular complexity index is 1010. The van der Waals surface area contributed by atoms with Gasteiger partial charge in [-0.05, 0) is 34.7 Å². The van der Waals surface area contributed by atoms with Crippen LogP contribution in [0.4, 0.5) is 23.4 Å². The van der Waals surface area contributed by atoms with Gasteiger partial charge in [0.05, 0.1) is 25.9 Å². The van der Waals surface area contributed by atoms with Crippen LogP contribution in [0.3, 0.4) is 0 Å². The van der Waals surface area contributed by atoms with Crippen LogP contribution in [0.5, 0.6) is 0 Å². The second-order valence-corrected chi connectivity index (χ2v) is 6.14. The van der Waals surface area contributed by atoms with Crippen LogP contribution in [-0.2, 0) is 6.18 Å². The monoisotopic (exact) mass is 467 g/mol. The Kier molecular flexibility index (Phi) is 3.85. The van der Waals surface area contributed by atoms with Crippen molar-refractivity contribution >= 4 is 40.2 Å². The molecule has 2 heterocycles. The number of nitrogens with one attached hydrogen (secondary N) is 1. The molecule has 3 rings (SSSR count). The number of carbonyl (C=O) groups excluding carboxylic acids is 2. The Balaban J connectivity index is 2.38. The van der Waals surface area contributed by atoms with Crippen molar-refractivity contribution in [1.29, 1.82) is 0 Å². The highest BCUT2D eigenvalue weighted by Crippen LogP contribution is 2.34. The van der Waals surface area contributed by atoms with E-state index in [1.54, 1.807) is 0 Å². The van der Waals surface area contributed by atoms with E-state index in [-0.39, 0.29) is 20.8 Å². The highest BCUT2D eigenvalue weighted by atomic mass is 127. The normalized spacial score (nSPS) is 13.8. The largest absolute Gasteiger partial charge is 0.416 e.